The van der Waals surface area contributed by atoms with E-state index in [0.29, 0.717) is 0 Å². The van der Waals surface area contributed by atoms with Crippen molar-refractivity contribution in [1.29, 1.82) is 0 Å². The Morgan fingerprint density at radius 3 is 1.95 bits per heavy atom. The van der Waals surface area contributed by atoms with E-state index in [1.165, 1.54) is 22.3 Å². The summed E-state index contributed by atoms with van der Waals surface area (Å²) in [6.07, 6.45) is 6.97. The zero-order valence-corrected chi connectivity index (χ0v) is 10.8. The van der Waals surface area contributed by atoms with E-state index >= 15 is 0 Å². The van der Waals surface area contributed by atoms with Gasteiger partial charge < -0.3 is 0 Å². The summed E-state index contributed by atoms with van der Waals surface area (Å²) < 4.78 is 1.70. The van der Waals surface area contributed by atoms with Gasteiger partial charge in [-0.2, -0.15) is 0 Å². The topological polar surface area (TPSA) is 26.0 Å². The van der Waals surface area contributed by atoms with Crippen LogP contribution < -0.4 is 9.57 Å². The van der Waals surface area contributed by atoms with Gasteiger partial charge in [0.25, 0.3) is 0 Å². The van der Waals surface area contributed by atoms with Crippen LogP contribution in [0.25, 0.3) is 11.1 Å². The molecule has 3 aromatic rings. The normalized spacial score (nSPS) is 12.8. The molecule has 1 aliphatic rings. The minimum atomic E-state index is -0.0743. The molecular formula is C17H13N2O+. The lowest BCUT2D eigenvalue weighted by molar-refractivity contribution is -0.899. The van der Waals surface area contributed by atoms with E-state index in [0.717, 1.165) is 0 Å². The first-order chi connectivity index (χ1) is 9.93. The molecule has 0 atom stereocenters. The van der Waals surface area contributed by atoms with Gasteiger partial charge in [-0.15, -0.1) is 0 Å². The molecule has 0 saturated heterocycles. The van der Waals surface area contributed by atoms with E-state index in [-0.39, 0.29) is 6.10 Å². The lowest BCUT2D eigenvalue weighted by atomic mass is 10.1. The van der Waals surface area contributed by atoms with Gasteiger partial charge in [0.2, 0.25) is 18.5 Å². The molecule has 0 saturated carbocycles. The fraction of sp³-hybridized carbons (Fsp3) is 0.0588. The molecule has 96 valence electrons. The van der Waals surface area contributed by atoms with Crippen LogP contribution in [0.1, 0.15) is 17.2 Å². The van der Waals surface area contributed by atoms with Gasteiger partial charge in [-0.25, -0.2) is 0 Å². The van der Waals surface area contributed by atoms with E-state index in [1.807, 2.05) is 12.4 Å². The number of hydrogen-bond acceptors (Lipinski definition) is 2. The van der Waals surface area contributed by atoms with Crippen molar-refractivity contribution in [2.75, 3.05) is 0 Å². The van der Waals surface area contributed by atoms with Gasteiger partial charge >= 0.3 is 0 Å². The Labute approximate surface area is 117 Å². The lowest BCUT2D eigenvalue weighted by Gasteiger charge is -2.09. The van der Waals surface area contributed by atoms with Gasteiger partial charge in [0.05, 0.1) is 12.4 Å². The molecule has 0 spiro atoms. The SMILES string of the molecule is c1ccc2c(c1)-c1ccccc1C2O[n+]1ccncc1. The van der Waals surface area contributed by atoms with Crippen molar-refractivity contribution in [2.24, 2.45) is 0 Å². The molecular weight excluding hydrogens is 248 g/mol. The number of hydrogen-bond donors (Lipinski definition) is 0. The van der Waals surface area contributed by atoms with Crippen molar-refractivity contribution in [1.82, 2.24) is 4.98 Å². The van der Waals surface area contributed by atoms with Crippen LogP contribution in [0.2, 0.25) is 0 Å². The van der Waals surface area contributed by atoms with E-state index in [4.69, 9.17) is 4.84 Å². The maximum Gasteiger partial charge on any atom is 0.240 e. The predicted molar refractivity (Wildman–Crippen MR) is 74.7 cm³/mol. The Kier molecular flexibility index (Phi) is 2.49. The Morgan fingerprint density at radius 2 is 1.35 bits per heavy atom. The largest absolute Gasteiger partial charge is 0.258 e. The summed E-state index contributed by atoms with van der Waals surface area (Å²) in [5, 5.41) is 0. The van der Waals surface area contributed by atoms with Crippen LogP contribution in [-0.4, -0.2) is 4.98 Å². The van der Waals surface area contributed by atoms with E-state index in [9.17, 15) is 0 Å². The number of fused-ring (bicyclic) bond motifs is 3. The summed E-state index contributed by atoms with van der Waals surface area (Å²) in [5.74, 6) is 0. The highest BCUT2D eigenvalue weighted by atomic mass is 16.7. The molecule has 0 bridgehead atoms. The predicted octanol–water partition coefficient (Wildman–Crippen LogP) is 2.57. The van der Waals surface area contributed by atoms with Crippen LogP contribution in [-0.2, 0) is 0 Å². The molecule has 2 aromatic carbocycles. The minimum absolute atomic E-state index is 0.0743. The molecule has 3 heteroatoms. The van der Waals surface area contributed by atoms with Gasteiger partial charge in [0.1, 0.15) is 0 Å². The van der Waals surface area contributed by atoms with Crippen LogP contribution >= 0.6 is 0 Å². The molecule has 0 fully saturated rings. The quantitative estimate of drug-likeness (QED) is 0.663. The first kappa shape index (κ1) is 11.2. The third kappa shape index (κ3) is 1.67. The molecule has 1 aromatic heterocycles. The van der Waals surface area contributed by atoms with Crippen LogP contribution in [0, 0.1) is 0 Å². The minimum Gasteiger partial charge on any atom is -0.258 e. The molecule has 3 nitrogen and oxygen atoms in total. The second kappa shape index (κ2) is 4.46. The molecule has 0 aliphatic heterocycles. The standard InChI is InChI=1S/C17H13N2O/c1-3-7-15-13(5-1)14-6-2-4-8-16(14)17(15)20-19-11-9-18-10-12-19/h1-12,17H/q+1. The molecule has 20 heavy (non-hydrogen) atoms. The number of nitrogens with zero attached hydrogens (tertiary/aromatic N) is 2. The van der Waals surface area contributed by atoms with Gasteiger partial charge in [-0.3, -0.25) is 9.82 Å². The van der Waals surface area contributed by atoms with Crippen molar-refractivity contribution in [3.05, 3.63) is 84.4 Å². The summed E-state index contributed by atoms with van der Waals surface area (Å²) in [6, 6.07) is 16.8. The molecule has 0 N–H and O–H groups in total. The van der Waals surface area contributed by atoms with Crippen molar-refractivity contribution >= 4 is 0 Å². The summed E-state index contributed by atoms with van der Waals surface area (Å²) in [7, 11) is 0. The van der Waals surface area contributed by atoms with E-state index in [2.05, 4.69) is 53.5 Å². The fourth-order valence-electron chi connectivity index (χ4n) is 2.72. The first-order valence-electron chi connectivity index (χ1n) is 6.60. The highest BCUT2D eigenvalue weighted by Gasteiger charge is 2.32. The Hall–Kier alpha value is -2.68. The second-order valence-electron chi connectivity index (χ2n) is 4.77. The maximum atomic E-state index is 6.10. The number of aromatic nitrogens is 2. The Morgan fingerprint density at radius 1 is 0.800 bits per heavy atom. The average Bonchev–Trinajstić information content (AvgIpc) is 2.84. The fourth-order valence-corrected chi connectivity index (χ4v) is 2.72. The van der Waals surface area contributed by atoms with E-state index < -0.39 is 0 Å². The highest BCUT2D eigenvalue weighted by Crippen LogP contribution is 2.43. The second-order valence-corrected chi connectivity index (χ2v) is 4.77. The van der Waals surface area contributed by atoms with Gasteiger partial charge in [0, 0.05) is 15.9 Å². The van der Waals surface area contributed by atoms with Crippen LogP contribution in [0.4, 0.5) is 0 Å². The smallest absolute Gasteiger partial charge is 0.240 e. The van der Waals surface area contributed by atoms with Crippen LogP contribution in [0.3, 0.4) is 0 Å². The van der Waals surface area contributed by atoms with Crippen molar-refractivity contribution < 1.29 is 9.57 Å². The van der Waals surface area contributed by atoms with E-state index in [1.54, 1.807) is 17.1 Å². The van der Waals surface area contributed by atoms with Crippen LogP contribution in [0.5, 0.6) is 0 Å². The maximum absolute atomic E-state index is 6.10. The van der Waals surface area contributed by atoms with Crippen LogP contribution in [0.15, 0.2) is 73.3 Å². The molecule has 1 aliphatic carbocycles. The van der Waals surface area contributed by atoms with Gasteiger partial charge in [-0.1, -0.05) is 48.5 Å². The molecule has 4 rings (SSSR count). The zero-order chi connectivity index (χ0) is 13.4. The van der Waals surface area contributed by atoms with Crippen molar-refractivity contribution in [3.63, 3.8) is 0 Å². The summed E-state index contributed by atoms with van der Waals surface area (Å²) in [4.78, 5) is 10.1. The highest BCUT2D eigenvalue weighted by molar-refractivity contribution is 5.77. The Bertz CT molecular complexity index is 710. The third-order valence-electron chi connectivity index (χ3n) is 3.60. The number of rotatable bonds is 2. The molecule has 0 unspecified atom stereocenters. The zero-order valence-electron chi connectivity index (χ0n) is 10.8. The van der Waals surface area contributed by atoms with Crippen molar-refractivity contribution in [2.45, 2.75) is 6.10 Å². The Balaban J connectivity index is 1.83. The summed E-state index contributed by atoms with van der Waals surface area (Å²) in [6.45, 7) is 0. The molecule has 0 amide bonds. The third-order valence-corrected chi connectivity index (χ3v) is 3.60. The van der Waals surface area contributed by atoms with Crippen molar-refractivity contribution in [3.8, 4) is 11.1 Å². The first-order valence-corrected chi connectivity index (χ1v) is 6.60. The van der Waals surface area contributed by atoms with Gasteiger partial charge in [0.15, 0.2) is 0 Å². The van der Waals surface area contributed by atoms with Gasteiger partial charge in [-0.05, 0) is 11.1 Å². The average molecular weight is 261 g/mol. The number of benzene rings is 2. The lowest BCUT2D eigenvalue weighted by Crippen LogP contribution is -2.43. The summed E-state index contributed by atoms with van der Waals surface area (Å²) >= 11 is 0. The summed E-state index contributed by atoms with van der Waals surface area (Å²) in [5.41, 5.74) is 4.92. The monoisotopic (exact) mass is 261 g/mol. The molecule has 1 heterocycles. The molecule has 0 radical (unpaired) electrons.